The number of morpholine rings is 1. The molecule has 1 aromatic rings. The van der Waals surface area contributed by atoms with Crippen molar-refractivity contribution >= 4 is 21.6 Å². The quantitative estimate of drug-likeness (QED) is 0.799. The van der Waals surface area contributed by atoms with Gasteiger partial charge < -0.3 is 10.1 Å². The summed E-state index contributed by atoms with van der Waals surface area (Å²) in [5, 5.41) is 3.76. The molecule has 1 atom stereocenters. The van der Waals surface area contributed by atoms with Gasteiger partial charge in [-0.1, -0.05) is 17.7 Å². The van der Waals surface area contributed by atoms with Gasteiger partial charge in [0.2, 0.25) is 10.0 Å². The molecule has 1 unspecified atom stereocenters. The molecular weight excluding hydrogens is 362 g/mol. The molecule has 2 saturated heterocycles. The molecule has 6 nitrogen and oxygen atoms in total. The zero-order chi connectivity index (χ0) is 17.7. The molecule has 0 spiro atoms. The highest BCUT2D eigenvalue weighted by atomic mass is 35.5. The predicted molar refractivity (Wildman–Crippen MR) is 98.5 cm³/mol. The molecule has 1 aromatic carbocycles. The van der Waals surface area contributed by atoms with Crippen molar-refractivity contribution in [1.29, 1.82) is 0 Å². The van der Waals surface area contributed by atoms with Crippen LogP contribution in [0, 0.1) is 0 Å². The van der Waals surface area contributed by atoms with E-state index < -0.39 is 10.0 Å². The largest absolute Gasteiger partial charge is 0.379 e. The fourth-order valence-electron chi connectivity index (χ4n) is 3.41. The maximum absolute atomic E-state index is 13.3. The van der Waals surface area contributed by atoms with Crippen LogP contribution >= 0.6 is 11.6 Å². The lowest BCUT2D eigenvalue weighted by Gasteiger charge is -2.36. The summed E-state index contributed by atoms with van der Waals surface area (Å²) >= 11 is 6.02. The molecule has 0 amide bonds. The Kier molecular flexibility index (Phi) is 6.71. The van der Waals surface area contributed by atoms with Crippen LogP contribution in [0.2, 0.25) is 5.02 Å². The van der Waals surface area contributed by atoms with Crippen molar-refractivity contribution in [2.24, 2.45) is 0 Å². The molecule has 2 aliphatic heterocycles. The second-order valence-corrected chi connectivity index (χ2v) is 8.85. The Morgan fingerprint density at radius 1 is 1.32 bits per heavy atom. The fourth-order valence-corrected chi connectivity index (χ4v) is 5.35. The number of hydrogen-bond donors (Lipinski definition) is 1. The molecule has 140 valence electrons. The third kappa shape index (κ3) is 4.93. The van der Waals surface area contributed by atoms with Gasteiger partial charge in [0.25, 0.3) is 0 Å². The van der Waals surface area contributed by atoms with E-state index in [-0.39, 0.29) is 10.9 Å². The predicted octanol–water partition coefficient (Wildman–Crippen LogP) is 1.41. The minimum atomic E-state index is -3.57. The van der Waals surface area contributed by atoms with Crippen molar-refractivity contribution in [3.05, 3.63) is 29.3 Å². The van der Waals surface area contributed by atoms with Gasteiger partial charge in [0.15, 0.2) is 0 Å². The number of benzene rings is 1. The van der Waals surface area contributed by atoms with Gasteiger partial charge in [-0.05, 0) is 37.6 Å². The molecule has 3 rings (SSSR count). The molecule has 1 N–H and O–H groups in total. The molecule has 8 heteroatoms. The first-order valence-corrected chi connectivity index (χ1v) is 10.7. The Hall–Kier alpha value is -0.700. The van der Waals surface area contributed by atoms with E-state index in [0.29, 0.717) is 31.3 Å². The van der Waals surface area contributed by atoms with E-state index in [0.717, 1.165) is 39.0 Å². The summed E-state index contributed by atoms with van der Waals surface area (Å²) in [6, 6.07) is 6.53. The zero-order valence-corrected chi connectivity index (χ0v) is 15.9. The first-order chi connectivity index (χ1) is 12.1. The van der Waals surface area contributed by atoms with E-state index >= 15 is 0 Å². The van der Waals surface area contributed by atoms with Crippen molar-refractivity contribution in [1.82, 2.24) is 14.5 Å². The van der Waals surface area contributed by atoms with Crippen LogP contribution in [0.25, 0.3) is 0 Å². The normalized spacial score (nSPS) is 23.0. The van der Waals surface area contributed by atoms with E-state index in [9.17, 15) is 8.42 Å². The number of halogens is 1. The second-order valence-electron chi connectivity index (χ2n) is 6.53. The van der Waals surface area contributed by atoms with Crippen molar-refractivity contribution in [3.63, 3.8) is 0 Å². The molecule has 2 aliphatic rings. The zero-order valence-electron chi connectivity index (χ0n) is 14.4. The minimum Gasteiger partial charge on any atom is -0.379 e. The van der Waals surface area contributed by atoms with Gasteiger partial charge in [-0.3, -0.25) is 4.90 Å². The number of sulfonamides is 1. The van der Waals surface area contributed by atoms with Crippen molar-refractivity contribution in [2.45, 2.75) is 23.8 Å². The van der Waals surface area contributed by atoms with Crippen LogP contribution in [-0.2, 0) is 14.8 Å². The molecule has 0 aliphatic carbocycles. The topological polar surface area (TPSA) is 61.9 Å². The first-order valence-electron chi connectivity index (χ1n) is 8.85. The van der Waals surface area contributed by atoms with Gasteiger partial charge in [0, 0.05) is 43.8 Å². The summed E-state index contributed by atoms with van der Waals surface area (Å²) in [5.74, 6) is 0. The Bertz CT molecular complexity index is 659. The monoisotopic (exact) mass is 387 g/mol. The van der Waals surface area contributed by atoms with Crippen LogP contribution in [-0.4, -0.2) is 76.1 Å². The number of nitrogens with zero attached hydrogens (tertiary/aromatic N) is 2. The van der Waals surface area contributed by atoms with Gasteiger partial charge >= 0.3 is 0 Å². The van der Waals surface area contributed by atoms with E-state index in [1.54, 1.807) is 22.5 Å². The van der Waals surface area contributed by atoms with E-state index in [4.69, 9.17) is 16.3 Å². The van der Waals surface area contributed by atoms with Crippen LogP contribution in [0.1, 0.15) is 12.8 Å². The molecule has 2 heterocycles. The lowest BCUT2D eigenvalue weighted by Crippen LogP contribution is -2.51. The van der Waals surface area contributed by atoms with Gasteiger partial charge in [-0.15, -0.1) is 0 Å². The fraction of sp³-hybridized carbons (Fsp3) is 0.647. The molecular formula is C17H26ClN3O3S. The average molecular weight is 388 g/mol. The number of rotatable bonds is 6. The van der Waals surface area contributed by atoms with E-state index in [1.165, 1.54) is 6.07 Å². The van der Waals surface area contributed by atoms with E-state index in [2.05, 4.69) is 10.2 Å². The first kappa shape index (κ1) is 19.1. The van der Waals surface area contributed by atoms with Gasteiger partial charge in [0.1, 0.15) is 0 Å². The summed E-state index contributed by atoms with van der Waals surface area (Å²) in [4.78, 5) is 2.54. The summed E-state index contributed by atoms with van der Waals surface area (Å²) in [5.41, 5.74) is 0. The molecule has 0 bridgehead atoms. The second kappa shape index (κ2) is 8.79. The molecule has 0 aromatic heterocycles. The van der Waals surface area contributed by atoms with Crippen LogP contribution in [0.3, 0.4) is 0 Å². The van der Waals surface area contributed by atoms with Gasteiger partial charge in [0.05, 0.1) is 18.1 Å². The lowest BCUT2D eigenvalue weighted by molar-refractivity contribution is 0.0350. The SMILES string of the molecule is O=S(=O)(c1cccc(Cl)c1)N(CCN1CCOCC1)C1CCCNC1. The van der Waals surface area contributed by atoms with Crippen LogP contribution in [0.15, 0.2) is 29.2 Å². The summed E-state index contributed by atoms with van der Waals surface area (Å²) in [7, 11) is -3.57. The number of nitrogens with one attached hydrogen (secondary N) is 1. The van der Waals surface area contributed by atoms with Crippen molar-refractivity contribution in [2.75, 3.05) is 52.5 Å². The van der Waals surface area contributed by atoms with Crippen LogP contribution < -0.4 is 5.32 Å². The van der Waals surface area contributed by atoms with Gasteiger partial charge in [-0.25, -0.2) is 8.42 Å². The summed E-state index contributed by atoms with van der Waals surface area (Å²) in [6.07, 6.45) is 1.87. The highest BCUT2D eigenvalue weighted by Crippen LogP contribution is 2.24. The summed E-state index contributed by atoms with van der Waals surface area (Å²) in [6.45, 7) is 5.99. The van der Waals surface area contributed by atoms with Gasteiger partial charge in [-0.2, -0.15) is 4.31 Å². The number of hydrogen-bond acceptors (Lipinski definition) is 5. The molecule has 0 radical (unpaired) electrons. The summed E-state index contributed by atoms with van der Waals surface area (Å²) < 4.78 is 33.5. The Labute approximate surface area is 155 Å². The lowest BCUT2D eigenvalue weighted by atomic mass is 10.1. The standard InChI is InChI=1S/C17H26ClN3O3S/c18-15-3-1-5-17(13-15)25(22,23)21(16-4-2-6-19-14-16)8-7-20-9-11-24-12-10-20/h1,3,5,13,16,19H,2,4,6-12,14H2. The Morgan fingerprint density at radius 2 is 2.12 bits per heavy atom. The van der Waals surface area contributed by atoms with Crippen molar-refractivity contribution in [3.8, 4) is 0 Å². The van der Waals surface area contributed by atoms with E-state index in [1.807, 2.05) is 0 Å². The number of ether oxygens (including phenoxy) is 1. The third-order valence-electron chi connectivity index (χ3n) is 4.82. The van der Waals surface area contributed by atoms with Crippen molar-refractivity contribution < 1.29 is 13.2 Å². The third-order valence-corrected chi connectivity index (χ3v) is 7.00. The highest BCUT2D eigenvalue weighted by Gasteiger charge is 2.32. The molecule has 25 heavy (non-hydrogen) atoms. The Morgan fingerprint density at radius 3 is 2.80 bits per heavy atom. The maximum Gasteiger partial charge on any atom is 0.243 e. The number of piperidine rings is 1. The Balaban J connectivity index is 1.79. The van der Waals surface area contributed by atoms with Crippen LogP contribution in [0.4, 0.5) is 0 Å². The minimum absolute atomic E-state index is 0.0150. The molecule has 2 fully saturated rings. The van der Waals surface area contributed by atoms with Crippen LogP contribution in [0.5, 0.6) is 0 Å². The highest BCUT2D eigenvalue weighted by molar-refractivity contribution is 7.89. The average Bonchev–Trinajstić information content (AvgIpc) is 2.63. The smallest absolute Gasteiger partial charge is 0.243 e. The maximum atomic E-state index is 13.3. The molecule has 0 saturated carbocycles.